The summed E-state index contributed by atoms with van der Waals surface area (Å²) in [4.78, 5) is 8.82. The van der Waals surface area contributed by atoms with Crippen molar-refractivity contribution in [3.8, 4) is 0 Å². The summed E-state index contributed by atoms with van der Waals surface area (Å²) in [7, 11) is 0. The van der Waals surface area contributed by atoms with Crippen molar-refractivity contribution in [2.45, 2.75) is 85.1 Å². The third-order valence-corrected chi connectivity index (χ3v) is 2.54. The third kappa shape index (κ3) is 7.99. The number of hydrogen-bond acceptors (Lipinski definition) is 2. The molecule has 0 fully saturated rings. The summed E-state index contributed by atoms with van der Waals surface area (Å²) in [6.07, 6.45) is 2.09. The van der Waals surface area contributed by atoms with Crippen molar-refractivity contribution in [2.75, 3.05) is 6.67 Å². The van der Waals surface area contributed by atoms with E-state index in [0.717, 1.165) is 23.6 Å². The van der Waals surface area contributed by atoms with E-state index in [0.29, 0.717) is 6.67 Å². The predicted molar refractivity (Wildman–Crippen MR) is 104 cm³/mol. The van der Waals surface area contributed by atoms with E-state index >= 15 is 0 Å². The summed E-state index contributed by atoms with van der Waals surface area (Å²) < 4.78 is 0. The van der Waals surface area contributed by atoms with Gasteiger partial charge in [-0.05, 0) is 24.0 Å². The molecular formula is C19H44N2. The molecule has 1 aliphatic heterocycles. The molecule has 0 bridgehead atoms. The van der Waals surface area contributed by atoms with Gasteiger partial charge in [0.1, 0.15) is 6.67 Å². The highest BCUT2D eigenvalue weighted by Crippen LogP contribution is 1.98. The van der Waals surface area contributed by atoms with Crippen LogP contribution in [0.4, 0.5) is 0 Å². The van der Waals surface area contributed by atoms with Gasteiger partial charge in [-0.2, -0.15) is 0 Å². The monoisotopic (exact) mass is 300 g/mol. The van der Waals surface area contributed by atoms with Gasteiger partial charge >= 0.3 is 0 Å². The molecule has 1 aliphatic rings. The van der Waals surface area contributed by atoms with E-state index < -0.39 is 0 Å². The van der Waals surface area contributed by atoms with Crippen LogP contribution in [-0.2, 0) is 12.8 Å². The molecule has 0 saturated heterocycles. The van der Waals surface area contributed by atoms with Gasteiger partial charge in [-0.3, -0.25) is 9.98 Å². The highest BCUT2D eigenvalue weighted by Gasteiger charge is 2.05. The maximum absolute atomic E-state index is 4.41. The number of rotatable bonds is 2. The number of nitrogens with zero attached hydrogens (tertiary/aromatic N) is 2. The van der Waals surface area contributed by atoms with Gasteiger partial charge in [0.15, 0.2) is 0 Å². The molecule has 0 amide bonds. The van der Waals surface area contributed by atoms with Crippen molar-refractivity contribution < 1.29 is 0 Å². The van der Waals surface area contributed by atoms with Gasteiger partial charge in [-0.25, -0.2) is 0 Å². The van der Waals surface area contributed by atoms with Crippen LogP contribution in [0.3, 0.4) is 0 Å². The summed E-state index contributed by atoms with van der Waals surface area (Å²) in [5.74, 6) is 0. The molecule has 0 aliphatic carbocycles. The normalized spacial score (nSPS) is 8.57. The van der Waals surface area contributed by atoms with Gasteiger partial charge in [-0.1, -0.05) is 84.4 Å². The Hall–Kier alpha value is -1.18. The fraction of sp³-hybridized carbons (Fsp3) is 0.684. The van der Waals surface area contributed by atoms with Crippen LogP contribution < -0.4 is 10.7 Å². The second-order valence-electron chi connectivity index (χ2n) is 3.25. The number of fused-ring (bicyclic) bond motifs is 1. The van der Waals surface area contributed by atoms with Gasteiger partial charge in [-0.15, -0.1) is 0 Å². The van der Waals surface area contributed by atoms with Crippen LogP contribution in [0.1, 0.15) is 83.4 Å². The molecule has 0 saturated carbocycles. The van der Waals surface area contributed by atoms with E-state index in [1.54, 1.807) is 0 Å². The van der Waals surface area contributed by atoms with Crippen molar-refractivity contribution in [3.63, 3.8) is 0 Å². The fourth-order valence-electron chi connectivity index (χ4n) is 1.76. The molecule has 2 heteroatoms. The Bertz CT molecular complexity index is 393. The first-order chi connectivity index (χ1) is 7.36. The van der Waals surface area contributed by atoms with Crippen molar-refractivity contribution in [3.05, 3.63) is 34.0 Å². The molecule has 0 atom stereocenters. The minimum Gasteiger partial charge on any atom is -0.259 e. The molecule has 0 aromatic heterocycles. The van der Waals surface area contributed by atoms with Gasteiger partial charge in [0.25, 0.3) is 0 Å². The maximum Gasteiger partial charge on any atom is 0.130 e. The Kier molecular flexibility index (Phi) is 32.9. The summed E-state index contributed by atoms with van der Waals surface area (Å²) in [6, 6.07) is 4.37. The quantitative estimate of drug-likeness (QED) is 0.653. The van der Waals surface area contributed by atoms with E-state index in [-0.39, 0.29) is 44.6 Å². The lowest BCUT2D eigenvalue weighted by Crippen LogP contribution is -2.29. The molecule has 1 aromatic rings. The molecule has 2 nitrogen and oxygen atoms in total. The first-order valence-electron chi connectivity index (χ1n) is 5.86. The molecule has 1 aromatic carbocycles. The Balaban J connectivity index is -0.0000000676. The highest BCUT2D eigenvalue weighted by atomic mass is 15.0. The van der Waals surface area contributed by atoms with Crippen molar-refractivity contribution in [2.24, 2.45) is 9.98 Å². The molecule has 0 radical (unpaired) electrons. The van der Waals surface area contributed by atoms with Gasteiger partial charge < -0.3 is 0 Å². The average Bonchev–Trinajstić information content (AvgIpc) is 2.79. The van der Waals surface area contributed by atoms with Gasteiger partial charge in [0.05, 0.1) is 10.7 Å². The standard InChI is InChI=1S/C11H14N2.C2H6.6CH4/c1-3-8-5-6-9(4-2)11-10(8)12-7-13-11;1-2;;;;;;/h5-6H,3-4,7H2,1-2H3;1-2H3;6*1H4. The summed E-state index contributed by atoms with van der Waals surface area (Å²) >= 11 is 0. The van der Waals surface area contributed by atoms with Gasteiger partial charge in [0.2, 0.25) is 0 Å². The summed E-state index contributed by atoms with van der Waals surface area (Å²) in [5.41, 5.74) is 2.65. The molecule has 0 N–H and O–H groups in total. The first kappa shape index (κ1) is 36.8. The zero-order valence-corrected chi connectivity index (χ0v) is 10.2. The molecule has 130 valence electrons. The molecule has 1 heterocycles. The highest BCUT2D eigenvalue weighted by molar-refractivity contribution is 5.23. The van der Waals surface area contributed by atoms with Crippen molar-refractivity contribution in [1.29, 1.82) is 0 Å². The zero-order valence-electron chi connectivity index (χ0n) is 10.2. The van der Waals surface area contributed by atoms with Crippen LogP contribution >= 0.6 is 0 Å². The van der Waals surface area contributed by atoms with Crippen LogP contribution in [0.5, 0.6) is 0 Å². The van der Waals surface area contributed by atoms with E-state index in [2.05, 4.69) is 36.0 Å². The van der Waals surface area contributed by atoms with E-state index in [4.69, 9.17) is 0 Å². The van der Waals surface area contributed by atoms with E-state index in [9.17, 15) is 0 Å². The molecular weight excluding hydrogens is 256 g/mol. The molecule has 2 rings (SSSR count). The molecule has 0 spiro atoms. The van der Waals surface area contributed by atoms with E-state index in [1.807, 2.05) is 13.8 Å². The topological polar surface area (TPSA) is 24.7 Å². The number of benzene rings is 1. The lowest BCUT2D eigenvalue weighted by atomic mass is 10.1. The summed E-state index contributed by atoms with van der Waals surface area (Å²) in [5, 5.41) is 2.28. The average molecular weight is 301 g/mol. The minimum atomic E-state index is 0. The van der Waals surface area contributed by atoms with Crippen molar-refractivity contribution in [1.82, 2.24) is 0 Å². The molecule has 0 unspecified atom stereocenters. The predicted octanol–water partition coefficient (Wildman–Crippen LogP) is 5.86. The Morgan fingerprint density at radius 2 is 1.00 bits per heavy atom. The largest absolute Gasteiger partial charge is 0.259 e. The first-order valence-corrected chi connectivity index (χ1v) is 5.86. The Morgan fingerprint density at radius 3 is 1.24 bits per heavy atom. The van der Waals surface area contributed by atoms with Crippen molar-refractivity contribution >= 4 is 0 Å². The minimum absolute atomic E-state index is 0. The lowest BCUT2D eigenvalue weighted by Gasteiger charge is -1.99. The van der Waals surface area contributed by atoms with Crippen LogP contribution in [0, 0.1) is 0 Å². The Morgan fingerprint density at radius 1 is 0.714 bits per heavy atom. The fourth-order valence-corrected chi connectivity index (χ4v) is 1.76. The summed E-state index contributed by atoms with van der Waals surface area (Å²) in [6.45, 7) is 8.95. The maximum atomic E-state index is 4.41. The van der Waals surface area contributed by atoms with Crippen LogP contribution in [0.2, 0.25) is 0 Å². The van der Waals surface area contributed by atoms with Gasteiger partial charge in [0, 0.05) is 0 Å². The second kappa shape index (κ2) is 18.8. The SMILES string of the molecule is C.C.C.C.C.C.CC.CCc1ccc(CC)c2c1=NCN=2. The molecule has 21 heavy (non-hydrogen) atoms. The Labute approximate surface area is 136 Å². The lowest BCUT2D eigenvalue weighted by molar-refractivity contribution is 1.04. The number of aryl methyl sites for hydroxylation is 2. The second-order valence-corrected chi connectivity index (χ2v) is 3.25. The van der Waals surface area contributed by atoms with Crippen LogP contribution in [0.15, 0.2) is 22.1 Å². The van der Waals surface area contributed by atoms with Crippen LogP contribution in [0.25, 0.3) is 0 Å². The zero-order chi connectivity index (χ0) is 11.3. The van der Waals surface area contributed by atoms with Crippen LogP contribution in [-0.4, -0.2) is 6.67 Å². The smallest absolute Gasteiger partial charge is 0.130 e. The van der Waals surface area contributed by atoms with E-state index in [1.165, 1.54) is 11.1 Å². The third-order valence-electron chi connectivity index (χ3n) is 2.54. The number of hydrogen-bond donors (Lipinski definition) is 0.